The highest BCUT2D eigenvalue weighted by Gasteiger charge is 2.54. The molecular formula is C27H24N4O5S2. The van der Waals surface area contributed by atoms with Crippen molar-refractivity contribution in [2.45, 2.75) is 24.4 Å². The molecule has 0 radical (unpaired) electrons. The van der Waals surface area contributed by atoms with Crippen LogP contribution in [-0.4, -0.2) is 56.5 Å². The number of fused-ring (bicyclic) bond motifs is 1. The predicted octanol–water partition coefficient (Wildman–Crippen LogP) is 3.20. The number of rotatable bonds is 9. The summed E-state index contributed by atoms with van der Waals surface area (Å²) >= 11 is 2.71. The van der Waals surface area contributed by atoms with E-state index < -0.39 is 17.4 Å². The second-order valence-electron chi connectivity index (χ2n) is 8.58. The van der Waals surface area contributed by atoms with Crippen LogP contribution in [0.1, 0.15) is 16.8 Å². The molecule has 0 spiro atoms. The number of esters is 1. The number of aromatic nitrogens is 2. The lowest BCUT2D eigenvalue weighted by Gasteiger charge is -2.49. The van der Waals surface area contributed by atoms with E-state index in [4.69, 9.17) is 9.47 Å². The first-order valence-electron chi connectivity index (χ1n) is 11.8. The minimum Gasteiger partial charge on any atom is -0.497 e. The molecule has 3 heterocycles. The van der Waals surface area contributed by atoms with Gasteiger partial charge in [0.25, 0.3) is 5.91 Å². The molecule has 3 aromatic rings. The summed E-state index contributed by atoms with van der Waals surface area (Å²) in [5.74, 6) is -0.0408. The molecule has 5 rings (SSSR count). The second kappa shape index (κ2) is 11.6. The fraction of sp³-hybridized carbons (Fsp3) is 0.222. The molecule has 2 aliphatic heterocycles. The number of ether oxygens (including phenoxy) is 2. The standard InChI is InChI=1S/C27H24N4O5S2/c1-35-21-11-7-18(8-12-21)14-36-27(34)24-19(9-10-20-16-38-30-29-20)15-37-26-23(25(33)31(24)26)28-22(32)13-17-5-3-2-4-6-17/h2-12,16,23,26H,13-15H2,1H3,(H,28,32)/b10-9-/t23-,26+/m1/s1. The number of hydrogen-bond acceptors (Lipinski definition) is 9. The highest BCUT2D eigenvalue weighted by Crippen LogP contribution is 2.41. The number of nitrogens with zero attached hydrogens (tertiary/aromatic N) is 3. The van der Waals surface area contributed by atoms with Crippen molar-refractivity contribution in [3.05, 3.63) is 94.1 Å². The zero-order chi connectivity index (χ0) is 26.5. The van der Waals surface area contributed by atoms with Crippen LogP contribution in [0.2, 0.25) is 0 Å². The average Bonchev–Trinajstić information content (AvgIpc) is 3.47. The lowest BCUT2D eigenvalue weighted by atomic mass is 10.0. The molecule has 0 unspecified atom stereocenters. The third-order valence-electron chi connectivity index (χ3n) is 6.08. The Hall–Kier alpha value is -3.96. The minimum atomic E-state index is -0.714. The number of allylic oxidation sites excluding steroid dienone is 1. The largest absolute Gasteiger partial charge is 0.497 e. The van der Waals surface area contributed by atoms with Crippen LogP contribution in [0.5, 0.6) is 5.75 Å². The van der Waals surface area contributed by atoms with Gasteiger partial charge in [0, 0.05) is 11.1 Å². The van der Waals surface area contributed by atoms with Crippen LogP contribution in [-0.2, 0) is 32.1 Å². The van der Waals surface area contributed by atoms with Crippen molar-refractivity contribution in [1.82, 2.24) is 19.8 Å². The van der Waals surface area contributed by atoms with Gasteiger partial charge < -0.3 is 14.8 Å². The fourth-order valence-corrected chi connectivity index (χ4v) is 5.88. The third kappa shape index (κ3) is 5.63. The second-order valence-corrected chi connectivity index (χ2v) is 10.3. The molecule has 2 amide bonds. The number of benzene rings is 2. The Kier molecular flexibility index (Phi) is 7.85. The van der Waals surface area contributed by atoms with Gasteiger partial charge in [-0.05, 0) is 46.4 Å². The summed E-state index contributed by atoms with van der Waals surface area (Å²) < 4.78 is 14.6. The van der Waals surface area contributed by atoms with Crippen LogP contribution >= 0.6 is 23.3 Å². The molecular weight excluding hydrogens is 524 g/mol. The van der Waals surface area contributed by atoms with E-state index in [2.05, 4.69) is 14.9 Å². The number of methoxy groups -OCH3 is 1. The van der Waals surface area contributed by atoms with Gasteiger partial charge >= 0.3 is 5.97 Å². The first-order chi connectivity index (χ1) is 18.5. The Morgan fingerprint density at radius 2 is 1.89 bits per heavy atom. The highest BCUT2D eigenvalue weighted by atomic mass is 32.2. The minimum absolute atomic E-state index is 0.0381. The van der Waals surface area contributed by atoms with E-state index in [0.29, 0.717) is 22.8 Å². The molecule has 2 atom stereocenters. The quantitative estimate of drug-likeness (QED) is 0.321. The van der Waals surface area contributed by atoms with Gasteiger partial charge in [0.2, 0.25) is 5.91 Å². The zero-order valence-corrected chi connectivity index (χ0v) is 22.0. The highest BCUT2D eigenvalue weighted by molar-refractivity contribution is 8.00. The number of carbonyl (C=O) groups is 3. The Morgan fingerprint density at radius 3 is 2.61 bits per heavy atom. The third-order valence-corrected chi connectivity index (χ3v) is 7.90. The van der Waals surface area contributed by atoms with Crippen molar-refractivity contribution in [2.24, 2.45) is 0 Å². The number of hydrogen-bond donors (Lipinski definition) is 1. The maximum Gasteiger partial charge on any atom is 0.355 e. The SMILES string of the molecule is COc1ccc(COC(=O)C2=C(/C=C\c3csnn3)CS[C@H]3[C@H](NC(=O)Cc4ccccc4)C(=O)N23)cc1. The molecule has 38 heavy (non-hydrogen) atoms. The van der Waals surface area contributed by atoms with Gasteiger partial charge in [-0.25, -0.2) is 4.79 Å². The van der Waals surface area contributed by atoms with Crippen LogP contribution in [0, 0.1) is 0 Å². The summed E-state index contributed by atoms with van der Waals surface area (Å²) in [7, 11) is 1.58. The molecule has 2 aliphatic rings. The molecule has 0 aliphatic carbocycles. The summed E-state index contributed by atoms with van der Waals surface area (Å²) in [5.41, 5.74) is 3.12. The number of β-lactam (4-membered cyclic amide) rings is 1. The molecule has 0 bridgehead atoms. The molecule has 2 aromatic carbocycles. The summed E-state index contributed by atoms with van der Waals surface area (Å²) in [6, 6.07) is 15.8. The van der Waals surface area contributed by atoms with E-state index in [9.17, 15) is 14.4 Å². The van der Waals surface area contributed by atoms with E-state index in [0.717, 1.165) is 11.1 Å². The Bertz CT molecular complexity index is 1370. The van der Waals surface area contributed by atoms with Crippen LogP contribution < -0.4 is 10.1 Å². The lowest BCUT2D eigenvalue weighted by Crippen LogP contribution is -2.70. The normalized spacial score (nSPS) is 18.7. The van der Waals surface area contributed by atoms with Gasteiger partial charge in [0.1, 0.15) is 29.5 Å². The monoisotopic (exact) mass is 548 g/mol. The Morgan fingerprint density at radius 1 is 1.11 bits per heavy atom. The van der Waals surface area contributed by atoms with Crippen molar-refractivity contribution >= 4 is 47.2 Å². The summed E-state index contributed by atoms with van der Waals surface area (Å²) in [4.78, 5) is 40.6. The van der Waals surface area contributed by atoms with Crippen LogP contribution in [0.3, 0.4) is 0 Å². The van der Waals surface area contributed by atoms with E-state index in [1.54, 1.807) is 36.8 Å². The molecule has 1 N–H and O–H groups in total. The first kappa shape index (κ1) is 25.7. The molecule has 1 aromatic heterocycles. The van der Waals surface area contributed by atoms with Crippen molar-refractivity contribution in [2.75, 3.05) is 12.9 Å². The van der Waals surface area contributed by atoms with Crippen molar-refractivity contribution in [1.29, 1.82) is 0 Å². The molecule has 1 saturated heterocycles. The fourth-order valence-electron chi connectivity index (χ4n) is 4.14. The first-order valence-corrected chi connectivity index (χ1v) is 13.7. The van der Waals surface area contributed by atoms with Crippen molar-refractivity contribution in [3.8, 4) is 5.75 Å². The van der Waals surface area contributed by atoms with Crippen molar-refractivity contribution in [3.63, 3.8) is 0 Å². The van der Waals surface area contributed by atoms with Gasteiger partial charge in [0.15, 0.2) is 0 Å². The summed E-state index contributed by atoms with van der Waals surface area (Å²) in [5, 5.41) is 8.22. The van der Waals surface area contributed by atoms with E-state index in [1.807, 2.05) is 42.5 Å². The molecule has 0 saturated carbocycles. The van der Waals surface area contributed by atoms with Gasteiger partial charge in [-0.15, -0.1) is 16.9 Å². The summed E-state index contributed by atoms with van der Waals surface area (Å²) in [6.45, 7) is 0.0381. The molecule has 1 fully saturated rings. The maximum absolute atomic E-state index is 13.3. The molecule has 11 heteroatoms. The van der Waals surface area contributed by atoms with Gasteiger partial charge in [-0.3, -0.25) is 14.5 Å². The molecule has 194 valence electrons. The number of thioether (sulfide) groups is 1. The zero-order valence-electron chi connectivity index (χ0n) is 20.4. The Balaban J connectivity index is 1.32. The predicted molar refractivity (Wildman–Crippen MR) is 144 cm³/mol. The number of carbonyl (C=O) groups excluding carboxylic acids is 3. The van der Waals surface area contributed by atoms with E-state index >= 15 is 0 Å². The van der Waals surface area contributed by atoms with Crippen LogP contribution in [0.15, 0.2) is 77.3 Å². The van der Waals surface area contributed by atoms with Gasteiger partial charge in [0.05, 0.1) is 19.2 Å². The summed E-state index contributed by atoms with van der Waals surface area (Å²) in [6.07, 6.45) is 3.68. The van der Waals surface area contributed by atoms with Crippen LogP contribution in [0.25, 0.3) is 6.08 Å². The smallest absolute Gasteiger partial charge is 0.355 e. The van der Waals surface area contributed by atoms with Gasteiger partial charge in [-0.1, -0.05) is 53.0 Å². The number of nitrogens with one attached hydrogen (secondary N) is 1. The van der Waals surface area contributed by atoms with E-state index in [-0.39, 0.29) is 30.5 Å². The maximum atomic E-state index is 13.3. The lowest BCUT2D eigenvalue weighted by molar-refractivity contribution is -0.153. The Labute approximate surface area is 227 Å². The number of amides is 2. The van der Waals surface area contributed by atoms with Gasteiger partial charge in [-0.2, -0.15) is 0 Å². The van der Waals surface area contributed by atoms with E-state index in [1.165, 1.54) is 28.2 Å². The van der Waals surface area contributed by atoms with Crippen LogP contribution in [0.4, 0.5) is 0 Å². The average molecular weight is 549 g/mol. The topological polar surface area (TPSA) is 111 Å². The van der Waals surface area contributed by atoms with Crippen molar-refractivity contribution < 1.29 is 23.9 Å². The molecule has 9 nitrogen and oxygen atoms in total.